The summed E-state index contributed by atoms with van der Waals surface area (Å²) in [5.74, 6) is 1.46. The summed E-state index contributed by atoms with van der Waals surface area (Å²) < 4.78 is 6.99. The molecule has 0 saturated carbocycles. The molecule has 0 aliphatic rings. The molecule has 0 unspecified atom stereocenters. The minimum absolute atomic E-state index is 0.462. The van der Waals surface area contributed by atoms with Crippen molar-refractivity contribution < 1.29 is 4.74 Å². The van der Waals surface area contributed by atoms with E-state index in [4.69, 9.17) is 4.74 Å². The quantitative estimate of drug-likeness (QED) is 0.784. The van der Waals surface area contributed by atoms with Crippen molar-refractivity contribution in [2.24, 2.45) is 0 Å². The van der Waals surface area contributed by atoms with Crippen LogP contribution in [0.3, 0.4) is 0 Å². The number of ether oxygens (including phenoxy) is 1. The van der Waals surface area contributed by atoms with Gasteiger partial charge in [-0.1, -0.05) is 19.9 Å². The molecule has 0 saturated heterocycles. The lowest BCUT2D eigenvalue weighted by Crippen LogP contribution is -2.21. The van der Waals surface area contributed by atoms with Crippen molar-refractivity contribution in [1.82, 2.24) is 10.3 Å². The summed E-state index contributed by atoms with van der Waals surface area (Å²) >= 11 is 2.27. The summed E-state index contributed by atoms with van der Waals surface area (Å²) in [5, 5.41) is 3.40. The molecule has 3 nitrogen and oxygen atoms in total. The van der Waals surface area contributed by atoms with Crippen molar-refractivity contribution in [2.45, 2.75) is 33.4 Å². The molecule has 20 heavy (non-hydrogen) atoms. The van der Waals surface area contributed by atoms with Crippen LogP contribution in [-0.4, -0.2) is 11.0 Å². The van der Waals surface area contributed by atoms with E-state index in [0.717, 1.165) is 21.6 Å². The maximum absolute atomic E-state index is 5.84. The molecule has 0 amide bonds. The number of aryl methyl sites for hydroxylation is 1. The Hall–Kier alpha value is -1.14. The fourth-order valence-corrected chi connectivity index (χ4v) is 2.35. The Bertz CT molecular complexity index is 584. The maximum Gasteiger partial charge on any atom is 0.219 e. The Morgan fingerprint density at radius 3 is 2.75 bits per heavy atom. The number of nitrogens with one attached hydrogen (secondary N) is 1. The first-order valence-electron chi connectivity index (χ1n) is 6.67. The molecule has 0 aliphatic carbocycles. The van der Waals surface area contributed by atoms with E-state index in [0.29, 0.717) is 11.9 Å². The summed E-state index contributed by atoms with van der Waals surface area (Å²) in [7, 11) is 0. The molecule has 1 heterocycles. The van der Waals surface area contributed by atoms with Crippen molar-refractivity contribution in [2.75, 3.05) is 0 Å². The minimum Gasteiger partial charge on any atom is -0.439 e. The van der Waals surface area contributed by atoms with Crippen LogP contribution in [0.25, 0.3) is 0 Å². The lowest BCUT2D eigenvalue weighted by Gasteiger charge is -2.11. The highest BCUT2D eigenvalue weighted by atomic mass is 127. The molecule has 0 aliphatic heterocycles. The van der Waals surface area contributed by atoms with Gasteiger partial charge in [0.15, 0.2) is 0 Å². The highest BCUT2D eigenvalue weighted by Gasteiger charge is 2.04. The smallest absolute Gasteiger partial charge is 0.219 e. The lowest BCUT2D eigenvalue weighted by molar-refractivity contribution is 0.459. The van der Waals surface area contributed by atoms with E-state index in [1.807, 2.05) is 37.3 Å². The third-order valence-corrected chi connectivity index (χ3v) is 3.39. The van der Waals surface area contributed by atoms with E-state index in [9.17, 15) is 0 Å². The van der Waals surface area contributed by atoms with E-state index in [2.05, 4.69) is 52.8 Å². The molecular weight excluding hydrogens is 363 g/mol. The molecule has 1 aromatic heterocycles. The SMILES string of the molecule is Cc1cc(CNC(C)C)cc(Oc2cccc(I)c2)n1. The van der Waals surface area contributed by atoms with Crippen LogP contribution >= 0.6 is 22.6 Å². The molecule has 0 fully saturated rings. The highest BCUT2D eigenvalue weighted by Crippen LogP contribution is 2.22. The second kappa shape index (κ2) is 7.04. The second-order valence-corrected chi connectivity index (χ2v) is 6.30. The highest BCUT2D eigenvalue weighted by molar-refractivity contribution is 14.1. The van der Waals surface area contributed by atoms with Gasteiger partial charge >= 0.3 is 0 Å². The number of benzene rings is 1. The normalized spacial score (nSPS) is 10.8. The van der Waals surface area contributed by atoms with Crippen molar-refractivity contribution in [3.63, 3.8) is 0 Å². The number of nitrogens with zero attached hydrogens (tertiary/aromatic N) is 1. The molecule has 1 N–H and O–H groups in total. The van der Waals surface area contributed by atoms with Gasteiger partial charge in [-0.25, -0.2) is 4.98 Å². The molecular formula is C16H19IN2O. The zero-order valence-electron chi connectivity index (χ0n) is 12.0. The number of hydrogen-bond donors (Lipinski definition) is 1. The Labute approximate surface area is 133 Å². The average molecular weight is 382 g/mol. The Morgan fingerprint density at radius 1 is 1.25 bits per heavy atom. The zero-order chi connectivity index (χ0) is 14.5. The first-order chi connectivity index (χ1) is 9.52. The van der Waals surface area contributed by atoms with Gasteiger partial charge in [0.1, 0.15) is 5.75 Å². The van der Waals surface area contributed by atoms with Crippen LogP contribution in [0, 0.1) is 10.5 Å². The van der Waals surface area contributed by atoms with Crippen LogP contribution in [-0.2, 0) is 6.54 Å². The van der Waals surface area contributed by atoms with Crippen molar-refractivity contribution in [3.8, 4) is 11.6 Å². The van der Waals surface area contributed by atoms with Gasteiger partial charge in [0.2, 0.25) is 5.88 Å². The van der Waals surface area contributed by atoms with Gasteiger partial charge in [-0.2, -0.15) is 0 Å². The summed E-state index contributed by atoms with van der Waals surface area (Å²) in [6.45, 7) is 7.08. The maximum atomic E-state index is 5.84. The van der Waals surface area contributed by atoms with E-state index in [-0.39, 0.29) is 0 Å². The molecule has 0 spiro atoms. The topological polar surface area (TPSA) is 34.1 Å². The standard InChI is InChI=1S/C16H19IN2O/c1-11(2)18-10-13-7-12(3)19-16(8-13)20-15-6-4-5-14(17)9-15/h4-9,11,18H,10H2,1-3H3. The Morgan fingerprint density at radius 2 is 2.05 bits per heavy atom. The van der Waals surface area contributed by atoms with Crippen molar-refractivity contribution in [1.29, 1.82) is 0 Å². The third kappa shape index (κ3) is 4.76. The summed E-state index contributed by atoms with van der Waals surface area (Å²) in [5.41, 5.74) is 2.15. The van der Waals surface area contributed by atoms with Gasteiger partial charge < -0.3 is 10.1 Å². The fourth-order valence-electron chi connectivity index (χ4n) is 1.83. The van der Waals surface area contributed by atoms with Crippen molar-refractivity contribution >= 4 is 22.6 Å². The lowest BCUT2D eigenvalue weighted by atomic mass is 10.2. The van der Waals surface area contributed by atoms with Crippen LogP contribution in [0.5, 0.6) is 11.6 Å². The van der Waals surface area contributed by atoms with Crippen LogP contribution in [0.15, 0.2) is 36.4 Å². The van der Waals surface area contributed by atoms with Crippen molar-refractivity contribution in [3.05, 3.63) is 51.2 Å². The predicted octanol–water partition coefficient (Wildman–Crippen LogP) is 4.28. The Kier molecular flexibility index (Phi) is 5.37. The summed E-state index contributed by atoms with van der Waals surface area (Å²) in [6.07, 6.45) is 0. The third-order valence-electron chi connectivity index (χ3n) is 2.72. The van der Waals surface area contributed by atoms with Gasteiger partial charge in [0.05, 0.1) is 0 Å². The molecule has 0 bridgehead atoms. The fraction of sp³-hybridized carbons (Fsp3) is 0.312. The molecule has 4 heteroatoms. The van der Waals surface area contributed by atoms with Crippen LogP contribution in [0.2, 0.25) is 0 Å². The molecule has 106 valence electrons. The number of pyridine rings is 1. The zero-order valence-corrected chi connectivity index (χ0v) is 14.1. The predicted molar refractivity (Wildman–Crippen MR) is 90.2 cm³/mol. The van der Waals surface area contributed by atoms with E-state index in [1.54, 1.807) is 0 Å². The number of hydrogen-bond acceptors (Lipinski definition) is 3. The van der Waals surface area contributed by atoms with Crippen LogP contribution in [0.1, 0.15) is 25.1 Å². The molecule has 2 rings (SSSR count). The monoisotopic (exact) mass is 382 g/mol. The minimum atomic E-state index is 0.462. The molecule has 0 radical (unpaired) electrons. The van der Waals surface area contributed by atoms with Gasteiger partial charge in [0, 0.05) is 27.9 Å². The average Bonchev–Trinajstić information content (AvgIpc) is 2.35. The van der Waals surface area contributed by atoms with E-state index < -0.39 is 0 Å². The van der Waals surface area contributed by atoms with Gasteiger partial charge in [-0.05, 0) is 59.3 Å². The summed E-state index contributed by atoms with van der Waals surface area (Å²) in [6, 6.07) is 12.5. The number of halogens is 1. The van der Waals surface area contributed by atoms with Crippen LogP contribution in [0.4, 0.5) is 0 Å². The van der Waals surface area contributed by atoms with Gasteiger partial charge in [0.25, 0.3) is 0 Å². The molecule has 1 aromatic carbocycles. The van der Waals surface area contributed by atoms with E-state index in [1.165, 1.54) is 5.56 Å². The van der Waals surface area contributed by atoms with Crippen LogP contribution < -0.4 is 10.1 Å². The van der Waals surface area contributed by atoms with Gasteiger partial charge in [-0.3, -0.25) is 0 Å². The summed E-state index contributed by atoms with van der Waals surface area (Å²) in [4.78, 5) is 4.43. The number of aromatic nitrogens is 1. The first-order valence-corrected chi connectivity index (χ1v) is 7.75. The largest absolute Gasteiger partial charge is 0.439 e. The first kappa shape index (κ1) is 15.3. The van der Waals surface area contributed by atoms with Gasteiger partial charge in [-0.15, -0.1) is 0 Å². The second-order valence-electron chi connectivity index (χ2n) is 5.05. The molecule has 2 aromatic rings. The Balaban J connectivity index is 2.15. The number of rotatable bonds is 5. The molecule has 0 atom stereocenters. The van der Waals surface area contributed by atoms with E-state index >= 15 is 0 Å².